The number of benzene rings is 11. The van der Waals surface area contributed by atoms with E-state index in [0.717, 1.165) is 5.69 Å². The summed E-state index contributed by atoms with van der Waals surface area (Å²) in [5, 5.41) is 7.53. The molecular formula is C69H53N. The van der Waals surface area contributed by atoms with Crippen molar-refractivity contribution in [3.63, 3.8) is 0 Å². The van der Waals surface area contributed by atoms with Crippen molar-refractivity contribution in [2.45, 2.75) is 57.8 Å². The van der Waals surface area contributed by atoms with Crippen LogP contribution in [0.5, 0.6) is 0 Å². The lowest BCUT2D eigenvalue weighted by Crippen LogP contribution is -2.18. The van der Waals surface area contributed by atoms with Crippen molar-refractivity contribution in [2.75, 3.05) is 4.90 Å². The van der Waals surface area contributed by atoms with E-state index in [4.69, 9.17) is 0 Å². The fourth-order valence-electron chi connectivity index (χ4n) is 13.4. The normalized spacial score (nSPS) is 15.1. The fraction of sp³-hybridized carbons (Fsp3) is 0.130. The van der Waals surface area contributed by atoms with Crippen LogP contribution in [0.3, 0.4) is 0 Å². The molecule has 70 heavy (non-hydrogen) atoms. The van der Waals surface area contributed by atoms with E-state index in [1.807, 2.05) is 0 Å². The molecule has 334 valence electrons. The molecule has 0 amide bonds. The average molecular weight is 896 g/mol. The Morgan fingerprint density at radius 2 is 0.657 bits per heavy atom. The van der Waals surface area contributed by atoms with Gasteiger partial charge in [0.15, 0.2) is 0 Å². The monoisotopic (exact) mass is 895 g/mol. The molecule has 11 aromatic carbocycles. The highest BCUT2D eigenvalue weighted by atomic mass is 15.1. The van der Waals surface area contributed by atoms with Gasteiger partial charge in [-0.15, -0.1) is 0 Å². The predicted octanol–water partition coefficient (Wildman–Crippen LogP) is 18.9. The molecule has 0 heterocycles. The van der Waals surface area contributed by atoms with Gasteiger partial charge in [0.05, 0.1) is 0 Å². The van der Waals surface area contributed by atoms with E-state index in [9.17, 15) is 0 Å². The molecule has 0 N–H and O–H groups in total. The van der Waals surface area contributed by atoms with Gasteiger partial charge in [-0.2, -0.15) is 0 Å². The molecule has 11 aromatic rings. The molecule has 0 aliphatic heterocycles. The Balaban J connectivity index is 0.928. The third-order valence-corrected chi connectivity index (χ3v) is 16.8. The summed E-state index contributed by atoms with van der Waals surface area (Å²) < 4.78 is 0. The Hall–Kier alpha value is -8.00. The molecule has 3 aliphatic carbocycles. The Labute approximate surface area is 411 Å². The average Bonchev–Trinajstić information content (AvgIpc) is 3.87. The molecule has 0 unspecified atom stereocenters. The summed E-state index contributed by atoms with van der Waals surface area (Å²) in [5.41, 5.74) is 24.6. The van der Waals surface area contributed by atoms with Crippen molar-refractivity contribution in [2.24, 2.45) is 0 Å². The molecule has 0 radical (unpaired) electrons. The highest BCUT2D eigenvalue weighted by Gasteiger charge is 2.40. The van der Waals surface area contributed by atoms with E-state index in [0.29, 0.717) is 0 Å². The number of anilines is 3. The number of fused-ring (bicyclic) bond motifs is 12. The molecule has 0 saturated carbocycles. The number of nitrogens with zero attached hydrogens (tertiary/aromatic N) is 1. The van der Waals surface area contributed by atoms with Crippen molar-refractivity contribution in [1.82, 2.24) is 0 Å². The maximum Gasteiger partial charge on any atom is 0.0468 e. The van der Waals surface area contributed by atoms with Crippen LogP contribution in [0.15, 0.2) is 212 Å². The first kappa shape index (κ1) is 41.0. The fourth-order valence-corrected chi connectivity index (χ4v) is 13.4. The van der Waals surface area contributed by atoms with Crippen LogP contribution in [-0.2, 0) is 16.2 Å². The molecule has 14 rings (SSSR count). The van der Waals surface area contributed by atoms with Gasteiger partial charge in [-0.1, -0.05) is 211 Å². The maximum absolute atomic E-state index is 2.49. The SMILES string of the molecule is CC1(C)c2ccccc2-c2ccc(N(c3ccc4c(c3)C(C)(C)c3ccccc3-4)c3ccc4cc(-c5c6ccccc6c(-c6cccc7c6C(C)(C)c6ccccc6-7)c6ccccc56)ccc4c3)cc21. The van der Waals surface area contributed by atoms with E-state index in [-0.39, 0.29) is 16.2 Å². The first-order valence-electron chi connectivity index (χ1n) is 25.0. The smallest absolute Gasteiger partial charge is 0.0468 e. The zero-order valence-electron chi connectivity index (χ0n) is 40.7. The highest BCUT2D eigenvalue weighted by Crippen LogP contribution is 2.56. The van der Waals surface area contributed by atoms with Crippen LogP contribution >= 0.6 is 0 Å². The molecule has 3 aliphatic rings. The van der Waals surface area contributed by atoms with Gasteiger partial charge >= 0.3 is 0 Å². The zero-order chi connectivity index (χ0) is 47.3. The summed E-state index contributed by atoms with van der Waals surface area (Å²) in [6, 6.07) is 80.5. The quantitative estimate of drug-likeness (QED) is 0.156. The van der Waals surface area contributed by atoms with Crippen LogP contribution in [0.2, 0.25) is 0 Å². The van der Waals surface area contributed by atoms with E-state index in [2.05, 4.69) is 259 Å². The van der Waals surface area contributed by atoms with Crippen molar-refractivity contribution in [3.8, 4) is 55.6 Å². The molecule has 1 heteroatoms. The van der Waals surface area contributed by atoms with Gasteiger partial charge < -0.3 is 4.90 Å². The summed E-state index contributed by atoms with van der Waals surface area (Å²) in [7, 11) is 0. The van der Waals surface area contributed by atoms with E-state index in [1.165, 1.54) is 133 Å². The second kappa shape index (κ2) is 14.5. The lowest BCUT2D eigenvalue weighted by molar-refractivity contribution is 0.660. The first-order valence-corrected chi connectivity index (χ1v) is 25.0. The largest absolute Gasteiger partial charge is 0.310 e. The van der Waals surface area contributed by atoms with Gasteiger partial charge in [-0.05, 0) is 164 Å². The lowest BCUT2D eigenvalue weighted by atomic mass is 9.77. The molecule has 0 spiro atoms. The number of rotatable bonds is 5. The minimum absolute atomic E-state index is 0.120. The Kier molecular flexibility index (Phi) is 8.50. The summed E-state index contributed by atoms with van der Waals surface area (Å²) >= 11 is 0. The Morgan fingerprint density at radius 1 is 0.271 bits per heavy atom. The molecule has 0 saturated heterocycles. The van der Waals surface area contributed by atoms with Crippen molar-refractivity contribution < 1.29 is 0 Å². The van der Waals surface area contributed by atoms with Gasteiger partial charge in [0.2, 0.25) is 0 Å². The Bertz CT molecular complexity index is 3880. The molecule has 0 aromatic heterocycles. The molecular weight excluding hydrogens is 843 g/mol. The van der Waals surface area contributed by atoms with Crippen LogP contribution in [-0.4, -0.2) is 0 Å². The van der Waals surface area contributed by atoms with Gasteiger partial charge in [-0.3, -0.25) is 0 Å². The van der Waals surface area contributed by atoms with Gasteiger partial charge in [0.25, 0.3) is 0 Å². The zero-order valence-corrected chi connectivity index (χ0v) is 40.7. The third kappa shape index (κ3) is 5.61. The topological polar surface area (TPSA) is 3.24 Å². The predicted molar refractivity (Wildman–Crippen MR) is 297 cm³/mol. The van der Waals surface area contributed by atoms with Gasteiger partial charge in [0, 0.05) is 33.3 Å². The van der Waals surface area contributed by atoms with Crippen LogP contribution in [0.4, 0.5) is 17.1 Å². The lowest BCUT2D eigenvalue weighted by Gasteiger charge is -2.30. The second-order valence-corrected chi connectivity index (χ2v) is 21.6. The van der Waals surface area contributed by atoms with Crippen LogP contribution in [0.1, 0.15) is 74.9 Å². The van der Waals surface area contributed by atoms with Gasteiger partial charge in [0.1, 0.15) is 0 Å². The molecule has 0 bridgehead atoms. The second-order valence-electron chi connectivity index (χ2n) is 21.6. The standard InChI is InChI=1S/C69H53N/c1-67(2)59-27-14-11-18-48(59)51-36-34-46(40-62(51)67)70(47-35-37-52-49-19-12-15-28-60(49)68(3,4)63(52)41-47)45-33-32-42-38-44(31-30-43(42)39-45)64-53-21-7-9-23-55(53)65(56-24-10-8-22-54(56)64)58-26-17-25-57-50-20-13-16-29-61(50)69(5,6)66(57)58/h7-41H,1-6H3. The Morgan fingerprint density at radius 3 is 1.21 bits per heavy atom. The van der Waals surface area contributed by atoms with Crippen molar-refractivity contribution >= 4 is 49.4 Å². The first-order chi connectivity index (χ1) is 34.0. The van der Waals surface area contributed by atoms with Gasteiger partial charge in [-0.25, -0.2) is 0 Å². The summed E-state index contributed by atoms with van der Waals surface area (Å²) in [6.45, 7) is 14.3. The van der Waals surface area contributed by atoms with Crippen LogP contribution in [0, 0.1) is 0 Å². The van der Waals surface area contributed by atoms with Crippen LogP contribution < -0.4 is 4.90 Å². The van der Waals surface area contributed by atoms with Crippen molar-refractivity contribution in [1.29, 1.82) is 0 Å². The minimum atomic E-state index is -0.137. The third-order valence-electron chi connectivity index (χ3n) is 16.8. The maximum atomic E-state index is 2.49. The minimum Gasteiger partial charge on any atom is -0.310 e. The van der Waals surface area contributed by atoms with Crippen molar-refractivity contribution in [3.05, 3.63) is 246 Å². The summed E-state index contributed by atoms with van der Waals surface area (Å²) in [5.74, 6) is 0. The molecule has 0 fully saturated rings. The molecule has 1 nitrogen and oxygen atoms in total. The van der Waals surface area contributed by atoms with E-state index in [1.54, 1.807) is 0 Å². The highest BCUT2D eigenvalue weighted by molar-refractivity contribution is 6.22. The van der Waals surface area contributed by atoms with E-state index >= 15 is 0 Å². The van der Waals surface area contributed by atoms with Crippen LogP contribution in [0.25, 0.3) is 88.0 Å². The number of hydrogen-bond acceptors (Lipinski definition) is 1. The number of hydrogen-bond donors (Lipinski definition) is 0. The molecule has 0 atom stereocenters. The summed E-state index contributed by atoms with van der Waals surface area (Å²) in [4.78, 5) is 2.49. The van der Waals surface area contributed by atoms with E-state index < -0.39 is 0 Å². The summed E-state index contributed by atoms with van der Waals surface area (Å²) in [6.07, 6.45) is 0.